The molecule has 11 aromatic rings. The fraction of sp³-hybridized carbons (Fsp3) is 0.0204. The molecule has 0 spiro atoms. The van der Waals surface area contributed by atoms with Crippen LogP contribution in [0.15, 0.2) is 180 Å². The van der Waals surface area contributed by atoms with E-state index in [1.807, 2.05) is 11.3 Å². The van der Waals surface area contributed by atoms with Crippen LogP contribution in [0.4, 0.5) is 17.1 Å². The number of anilines is 3. The summed E-state index contributed by atoms with van der Waals surface area (Å²) >= 11 is 1.88. The topological polar surface area (TPSA) is 33.3 Å². The van der Waals surface area contributed by atoms with Crippen molar-refractivity contribution in [2.75, 3.05) is 10.2 Å². The lowest BCUT2D eigenvalue weighted by Gasteiger charge is -2.27. The summed E-state index contributed by atoms with van der Waals surface area (Å²) in [5, 5.41) is 11.2. The van der Waals surface area contributed by atoms with E-state index in [0.717, 1.165) is 50.1 Å². The van der Waals surface area contributed by atoms with Gasteiger partial charge in [0, 0.05) is 47.4 Å². The van der Waals surface area contributed by atoms with Gasteiger partial charge >= 0.3 is 0 Å². The molecule has 12 rings (SSSR count). The Kier molecular flexibility index (Phi) is 6.24. The summed E-state index contributed by atoms with van der Waals surface area (Å²) in [6.45, 7) is 0. The lowest BCUT2D eigenvalue weighted by molar-refractivity contribution is 0.666. The van der Waals surface area contributed by atoms with Crippen LogP contribution in [0.2, 0.25) is 0 Å². The van der Waals surface area contributed by atoms with E-state index in [-0.39, 0.29) is 6.17 Å². The molecule has 54 heavy (non-hydrogen) atoms. The Bertz CT molecular complexity index is 3260. The second kappa shape index (κ2) is 11.3. The zero-order valence-electron chi connectivity index (χ0n) is 29.0. The summed E-state index contributed by atoms with van der Waals surface area (Å²) in [7, 11) is 0. The minimum atomic E-state index is -0.00838. The van der Waals surface area contributed by atoms with Crippen molar-refractivity contribution in [1.29, 1.82) is 0 Å². The Balaban J connectivity index is 0.963. The fourth-order valence-corrected chi connectivity index (χ4v) is 10.0. The Labute approximate surface area is 314 Å². The normalized spacial score (nSPS) is 14.2. The molecule has 1 aliphatic heterocycles. The molecule has 254 valence electrons. The van der Waals surface area contributed by atoms with Gasteiger partial charge in [0.2, 0.25) is 0 Å². The number of benzene rings is 8. The molecule has 5 heteroatoms. The standard InChI is InChI=1S/C49H31N3OS/c1-2-11-33(12-3-1)51-41-18-8-6-16-39(41)50-49(51)31-23-21-30(22-24-31)32-25-26-34-36-15-10-19-43(47(36)53-44(34)29-32)52-40-17-7-4-14-38(40)46-42(52)28-27-37-35-13-5-9-20-45(35)54-48(37)46/h1-29,49-50H. The number of para-hydroxylation sites is 5. The van der Waals surface area contributed by atoms with E-state index < -0.39 is 0 Å². The van der Waals surface area contributed by atoms with Crippen molar-refractivity contribution in [1.82, 2.24) is 4.57 Å². The Morgan fingerprint density at radius 2 is 1.24 bits per heavy atom. The van der Waals surface area contributed by atoms with E-state index in [1.165, 1.54) is 53.2 Å². The smallest absolute Gasteiger partial charge is 0.159 e. The zero-order valence-corrected chi connectivity index (χ0v) is 29.8. The number of hydrogen-bond donors (Lipinski definition) is 1. The average Bonchev–Trinajstić information content (AvgIpc) is 4.00. The van der Waals surface area contributed by atoms with Gasteiger partial charge in [-0.15, -0.1) is 11.3 Å². The third kappa shape index (κ3) is 4.24. The Morgan fingerprint density at radius 1 is 0.519 bits per heavy atom. The van der Waals surface area contributed by atoms with Crippen LogP contribution in [-0.2, 0) is 0 Å². The van der Waals surface area contributed by atoms with Crippen LogP contribution >= 0.6 is 11.3 Å². The van der Waals surface area contributed by atoms with Crippen LogP contribution in [0.1, 0.15) is 11.7 Å². The van der Waals surface area contributed by atoms with Gasteiger partial charge in [0.05, 0.1) is 28.1 Å². The van der Waals surface area contributed by atoms with Crippen LogP contribution in [0.25, 0.3) is 80.7 Å². The number of nitrogens with zero attached hydrogens (tertiary/aromatic N) is 2. The van der Waals surface area contributed by atoms with Crippen LogP contribution in [-0.4, -0.2) is 4.57 Å². The summed E-state index contributed by atoms with van der Waals surface area (Å²) < 4.78 is 11.9. The molecule has 4 nitrogen and oxygen atoms in total. The number of hydrogen-bond acceptors (Lipinski definition) is 4. The van der Waals surface area contributed by atoms with Gasteiger partial charge in [-0.25, -0.2) is 0 Å². The molecular formula is C49H31N3OS. The van der Waals surface area contributed by atoms with Crippen LogP contribution < -0.4 is 10.2 Å². The highest BCUT2D eigenvalue weighted by molar-refractivity contribution is 7.26. The number of furan rings is 1. The van der Waals surface area contributed by atoms with Crippen LogP contribution in [0.5, 0.6) is 0 Å². The Hall–Kier alpha value is -6.82. The number of nitrogens with one attached hydrogen (secondary N) is 1. The molecule has 4 heterocycles. The number of thiophene rings is 1. The minimum absolute atomic E-state index is 0.00838. The molecule has 0 bridgehead atoms. The van der Waals surface area contributed by atoms with E-state index in [0.29, 0.717) is 0 Å². The molecule has 1 unspecified atom stereocenters. The minimum Gasteiger partial charge on any atom is -0.454 e. The highest BCUT2D eigenvalue weighted by atomic mass is 32.1. The molecule has 0 saturated heterocycles. The van der Waals surface area contributed by atoms with Crippen LogP contribution in [0.3, 0.4) is 0 Å². The summed E-state index contributed by atoms with van der Waals surface area (Å²) in [6, 6.07) is 63.3. The summed E-state index contributed by atoms with van der Waals surface area (Å²) in [5.41, 5.74) is 12.2. The van der Waals surface area contributed by atoms with Crippen molar-refractivity contribution >= 4 is 92.3 Å². The van der Waals surface area contributed by atoms with E-state index in [1.54, 1.807) is 0 Å². The van der Waals surface area contributed by atoms with E-state index in [9.17, 15) is 0 Å². The third-order valence-electron chi connectivity index (χ3n) is 11.2. The molecule has 0 radical (unpaired) electrons. The van der Waals surface area contributed by atoms with Crippen molar-refractivity contribution in [2.24, 2.45) is 0 Å². The molecule has 1 N–H and O–H groups in total. The van der Waals surface area contributed by atoms with Gasteiger partial charge in [-0.2, -0.15) is 0 Å². The maximum Gasteiger partial charge on any atom is 0.159 e. The predicted molar refractivity (Wildman–Crippen MR) is 228 cm³/mol. The average molecular weight is 710 g/mol. The second-order valence-corrected chi connectivity index (χ2v) is 15.2. The van der Waals surface area contributed by atoms with Gasteiger partial charge in [-0.1, -0.05) is 115 Å². The van der Waals surface area contributed by atoms with E-state index in [4.69, 9.17) is 4.42 Å². The summed E-state index contributed by atoms with van der Waals surface area (Å²) in [6.07, 6.45) is -0.00838. The fourth-order valence-electron chi connectivity index (χ4n) is 8.76. The van der Waals surface area contributed by atoms with Gasteiger partial charge < -0.3 is 19.2 Å². The van der Waals surface area contributed by atoms with Crippen molar-refractivity contribution in [2.45, 2.75) is 6.17 Å². The highest BCUT2D eigenvalue weighted by Gasteiger charge is 2.31. The highest BCUT2D eigenvalue weighted by Crippen LogP contribution is 2.47. The van der Waals surface area contributed by atoms with Crippen molar-refractivity contribution in [3.8, 4) is 16.8 Å². The first-order valence-corrected chi connectivity index (χ1v) is 19.2. The molecule has 0 amide bonds. The Morgan fingerprint density at radius 3 is 2.15 bits per heavy atom. The molecule has 0 aliphatic carbocycles. The first-order valence-electron chi connectivity index (χ1n) is 18.4. The summed E-state index contributed by atoms with van der Waals surface area (Å²) in [5.74, 6) is 0. The monoisotopic (exact) mass is 709 g/mol. The molecule has 0 saturated carbocycles. The maximum absolute atomic E-state index is 6.87. The van der Waals surface area contributed by atoms with E-state index >= 15 is 0 Å². The zero-order chi connectivity index (χ0) is 35.3. The molecule has 1 aliphatic rings. The lowest BCUT2D eigenvalue weighted by atomic mass is 10.0. The maximum atomic E-state index is 6.87. The predicted octanol–water partition coefficient (Wildman–Crippen LogP) is 14.0. The van der Waals surface area contributed by atoms with Crippen molar-refractivity contribution in [3.05, 3.63) is 181 Å². The molecule has 1 atom stereocenters. The molecule has 8 aromatic carbocycles. The first kappa shape index (κ1) is 29.7. The quantitative estimate of drug-likeness (QED) is 0.197. The first-order chi connectivity index (χ1) is 26.8. The van der Waals surface area contributed by atoms with Crippen molar-refractivity contribution < 1.29 is 4.42 Å². The SMILES string of the molecule is c1ccc(N2c3ccccc3NC2c2ccc(-c3ccc4c(c3)oc3c(-n5c6ccccc6c6c7sc8ccccc8c7ccc65)cccc34)cc2)cc1. The van der Waals surface area contributed by atoms with Crippen molar-refractivity contribution in [3.63, 3.8) is 0 Å². The lowest BCUT2D eigenvalue weighted by Crippen LogP contribution is -2.23. The molecule has 3 aromatic heterocycles. The van der Waals surface area contributed by atoms with Crippen LogP contribution in [0, 0.1) is 0 Å². The van der Waals surface area contributed by atoms with Gasteiger partial charge in [-0.05, 0) is 77.4 Å². The largest absolute Gasteiger partial charge is 0.454 e. The second-order valence-electron chi connectivity index (χ2n) is 14.1. The number of rotatable bonds is 4. The number of fused-ring (bicyclic) bond motifs is 11. The summed E-state index contributed by atoms with van der Waals surface area (Å²) in [4.78, 5) is 2.38. The molecular weight excluding hydrogens is 679 g/mol. The van der Waals surface area contributed by atoms with Gasteiger partial charge in [-0.3, -0.25) is 0 Å². The van der Waals surface area contributed by atoms with Gasteiger partial charge in [0.25, 0.3) is 0 Å². The third-order valence-corrected chi connectivity index (χ3v) is 12.4. The molecule has 0 fully saturated rings. The van der Waals surface area contributed by atoms with E-state index in [2.05, 4.69) is 191 Å². The number of aromatic nitrogens is 1. The van der Waals surface area contributed by atoms with Gasteiger partial charge in [0.1, 0.15) is 11.7 Å². The van der Waals surface area contributed by atoms with Gasteiger partial charge in [0.15, 0.2) is 5.58 Å².